The first-order chi connectivity index (χ1) is 13.7. The smallest absolute Gasteiger partial charge is 0.185 e. The van der Waals surface area contributed by atoms with Gasteiger partial charge in [0.15, 0.2) is 9.84 Å². The van der Waals surface area contributed by atoms with Crippen LogP contribution in [0.2, 0.25) is 0 Å². The standard InChI is InChI=1S/C26H36O2S/c1-20(2)24-16-14-21(3)10-9-11-22(4)18-26(19-23(5)15-17-24)29(27,28)25-12-7-6-8-13-25/h6-8,11-14,19,24,26H,1,9-10,15-18H2,2-5H3/b21-14+,22-11+,23-19+. The molecule has 0 heterocycles. The van der Waals surface area contributed by atoms with Crippen molar-refractivity contribution in [1.82, 2.24) is 0 Å². The van der Waals surface area contributed by atoms with E-state index in [1.807, 2.05) is 12.1 Å². The Morgan fingerprint density at radius 3 is 2.31 bits per heavy atom. The van der Waals surface area contributed by atoms with Crippen molar-refractivity contribution in [1.29, 1.82) is 0 Å². The molecule has 1 aliphatic carbocycles. The van der Waals surface area contributed by atoms with Crippen LogP contribution in [0, 0.1) is 5.92 Å². The molecule has 0 fully saturated rings. The molecule has 2 unspecified atom stereocenters. The lowest BCUT2D eigenvalue weighted by Crippen LogP contribution is -2.20. The molecule has 3 heteroatoms. The summed E-state index contributed by atoms with van der Waals surface area (Å²) in [5.41, 5.74) is 4.89. The Morgan fingerprint density at radius 2 is 1.66 bits per heavy atom. The maximum atomic E-state index is 13.3. The van der Waals surface area contributed by atoms with E-state index in [2.05, 4.69) is 46.4 Å². The SMILES string of the molecule is C=C(C)C1C/C=C(\C)CC/C=C(\C)CC(S(=O)(=O)c2ccccc2)/C=C(\C)CC1. The van der Waals surface area contributed by atoms with Crippen LogP contribution in [0.4, 0.5) is 0 Å². The average Bonchev–Trinajstić information content (AvgIpc) is 2.67. The third kappa shape index (κ3) is 7.15. The van der Waals surface area contributed by atoms with Gasteiger partial charge in [-0.2, -0.15) is 0 Å². The van der Waals surface area contributed by atoms with E-state index in [9.17, 15) is 8.42 Å². The molecule has 2 atom stereocenters. The molecule has 0 bridgehead atoms. The Bertz CT molecular complexity index is 886. The van der Waals surface area contributed by atoms with Crippen molar-refractivity contribution in [2.45, 2.75) is 76.4 Å². The van der Waals surface area contributed by atoms with Gasteiger partial charge >= 0.3 is 0 Å². The van der Waals surface area contributed by atoms with Crippen LogP contribution in [0.1, 0.15) is 66.2 Å². The van der Waals surface area contributed by atoms with Crippen molar-refractivity contribution >= 4 is 9.84 Å². The summed E-state index contributed by atoms with van der Waals surface area (Å²) in [5.74, 6) is 0.442. The highest BCUT2D eigenvalue weighted by molar-refractivity contribution is 7.92. The Hall–Kier alpha value is -1.87. The number of sulfone groups is 1. The molecule has 158 valence electrons. The van der Waals surface area contributed by atoms with Crippen molar-refractivity contribution in [2.75, 3.05) is 0 Å². The Morgan fingerprint density at radius 1 is 0.966 bits per heavy atom. The van der Waals surface area contributed by atoms with Crippen molar-refractivity contribution < 1.29 is 8.42 Å². The zero-order valence-electron chi connectivity index (χ0n) is 18.4. The molecule has 1 aromatic rings. The molecule has 2 nitrogen and oxygen atoms in total. The van der Waals surface area contributed by atoms with Gasteiger partial charge in [0.05, 0.1) is 10.1 Å². The monoisotopic (exact) mass is 412 g/mol. The molecule has 0 spiro atoms. The van der Waals surface area contributed by atoms with Gasteiger partial charge in [0.25, 0.3) is 0 Å². The van der Waals surface area contributed by atoms with Crippen molar-refractivity contribution in [2.24, 2.45) is 5.92 Å². The van der Waals surface area contributed by atoms with Crippen LogP contribution in [0.3, 0.4) is 0 Å². The number of hydrogen-bond acceptors (Lipinski definition) is 2. The second-order valence-electron chi connectivity index (χ2n) is 8.57. The van der Waals surface area contributed by atoms with Gasteiger partial charge in [-0.3, -0.25) is 0 Å². The number of hydrogen-bond donors (Lipinski definition) is 0. The van der Waals surface area contributed by atoms with Crippen molar-refractivity contribution in [3.05, 3.63) is 77.4 Å². The summed E-state index contributed by atoms with van der Waals surface area (Å²) < 4.78 is 26.7. The predicted octanol–water partition coefficient (Wildman–Crippen LogP) is 7.21. The van der Waals surface area contributed by atoms with Gasteiger partial charge in [0, 0.05) is 0 Å². The van der Waals surface area contributed by atoms with E-state index in [1.54, 1.807) is 24.3 Å². The predicted molar refractivity (Wildman–Crippen MR) is 125 cm³/mol. The van der Waals surface area contributed by atoms with E-state index in [1.165, 1.54) is 11.1 Å². The normalized spacial score (nSPS) is 28.1. The molecular weight excluding hydrogens is 376 g/mol. The topological polar surface area (TPSA) is 34.1 Å². The highest BCUT2D eigenvalue weighted by Crippen LogP contribution is 2.28. The lowest BCUT2D eigenvalue weighted by atomic mass is 9.89. The van der Waals surface area contributed by atoms with Gasteiger partial charge in [-0.25, -0.2) is 8.42 Å². The van der Waals surface area contributed by atoms with Gasteiger partial charge in [0.2, 0.25) is 0 Å². The molecule has 0 amide bonds. The summed E-state index contributed by atoms with van der Waals surface area (Å²) in [6.45, 7) is 12.6. The van der Waals surface area contributed by atoms with Crippen LogP contribution in [0.15, 0.2) is 82.3 Å². The summed E-state index contributed by atoms with van der Waals surface area (Å²) in [6.07, 6.45) is 12.0. The third-order valence-corrected chi connectivity index (χ3v) is 7.86. The van der Waals surface area contributed by atoms with Crippen LogP contribution in [-0.4, -0.2) is 13.7 Å². The minimum Gasteiger partial charge on any atom is -0.223 e. The van der Waals surface area contributed by atoms with Crippen LogP contribution in [-0.2, 0) is 9.84 Å². The number of benzene rings is 1. The van der Waals surface area contributed by atoms with E-state index in [0.29, 0.717) is 17.2 Å². The van der Waals surface area contributed by atoms with Gasteiger partial charge < -0.3 is 0 Å². The maximum absolute atomic E-state index is 13.3. The molecule has 2 rings (SSSR count). The van der Waals surface area contributed by atoms with Crippen LogP contribution in [0.25, 0.3) is 0 Å². The van der Waals surface area contributed by atoms with E-state index >= 15 is 0 Å². The maximum Gasteiger partial charge on any atom is 0.185 e. The lowest BCUT2D eigenvalue weighted by molar-refractivity contribution is 0.562. The molecule has 0 radical (unpaired) electrons. The average molecular weight is 413 g/mol. The highest BCUT2D eigenvalue weighted by atomic mass is 32.2. The third-order valence-electron chi connectivity index (χ3n) is 5.83. The molecule has 1 aromatic carbocycles. The second-order valence-corrected chi connectivity index (χ2v) is 10.7. The first-order valence-corrected chi connectivity index (χ1v) is 12.2. The van der Waals surface area contributed by atoms with Crippen LogP contribution < -0.4 is 0 Å². The molecule has 0 N–H and O–H groups in total. The van der Waals surface area contributed by atoms with E-state index in [4.69, 9.17) is 0 Å². The molecule has 29 heavy (non-hydrogen) atoms. The zero-order chi connectivity index (χ0) is 21.4. The first-order valence-electron chi connectivity index (χ1n) is 10.6. The first kappa shape index (κ1) is 23.4. The molecule has 0 saturated carbocycles. The lowest BCUT2D eigenvalue weighted by Gasteiger charge is -2.19. The molecule has 0 aliphatic heterocycles. The molecular formula is C26H36O2S. The number of allylic oxidation sites excluding steroid dienone is 6. The van der Waals surface area contributed by atoms with Gasteiger partial charge in [0.1, 0.15) is 0 Å². The quantitative estimate of drug-likeness (QED) is 0.491. The second kappa shape index (κ2) is 10.8. The largest absolute Gasteiger partial charge is 0.223 e. The van der Waals surface area contributed by atoms with Crippen molar-refractivity contribution in [3.63, 3.8) is 0 Å². The van der Waals surface area contributed by atoms with Gasteiger partial charge in [-0.15, -0.1) is 0 Å². The van der Waals surface area contributed by atoms with Crippen molar-refractivity contribution in [3.8, 4) is 0 Å². The number of rotatable bonds is 3. The van der Waals surface area contributed by atoms with E-state index < -0.39 is 15.1 Å². The van der Waals surface area contributed by atoms with E-state index in [-0.39, 0.29) is 0 Å². The Kier molecular flexibility index (Phi) is 8.70. The highest BCUT2D eigenvalue weighted by Gasteiger charge is 2.26. The fourth-order valence-corrected chi connectivity index (χ4v) is 5.58. The summed E-state index contributed by atoms with van der Waals surface area (Å²) >= 11 is 0. The van der Waals surface area contributed by atoms with Crippen LogP contribution in [0.5, 0.6) is 0 Å². The molecule has 0 aromatic heterocycles. The van der Waals surface area contributed by atoms with E-state index in [0.717, 1.165) is 43.3 Å². The summed E-state index contributed by atoms with van der Waals surface area (Å²) in [7, 11) is -3.42. The Balaban J connectivity index is 2.39. The van der Waals surface area contributed by atoms with Gasteiger partial charge in [-0.1, -0.05) is 65.3 Å². The molecule has 0 saturated heterocycles. The van der Waals surface area contributed by atoms with Crippen LogP contribution >= 0.6 is 0 Å². The zero-order valence-corrected chi connectivity index (χ0v) is 19.3. The molecule has 1 aliphatic rings. The minimum absolute atomic E-state index is 0.404. The minimum atomic E-state index is -3.42. The summed E-state index contributed by atoms with van der Waals surface area (Å²) in [6, 6.07) is 8.85. The Labute approximate surface area is 178 Å². The summed E-state index contributed by atoms with van der Waals surface area (Å²) in [4.78, 5) is 0.404. The fourth-order valence-electron chi connectivity index (χ4n) is 3.80. The van der Waals surface area contributed by atoms with Gasteiger partial charge in [-0.05, 0) is 84.3 Å². The summed E-state index contributed by atoms with van der Waals surface area (Å²) in [5, 5.41) is -0.524. The fraction of sp³-hybridized carbons (Fsp3) is 0.462.